The molecular weight excluding hydrogens is 360 g/mol. The number of nitrogens with zero attached hydrogens (tertiary/aromatic N) is 2. The van der Waals surface area contributed by atoms with Gasteiger partial charge in [-0.3, -0.25) is 4.79 Å². The molecule has 0 aliphatic carbocycles. The van der Waals surface area contributed by atoms with Crippen molar-refractivity contribution in [1.82, 2.24) is 10.2 Å². The van der Waals surface area contributed by atoms with Crippen LogP contribution in [0, 0.1) is 0 Å². The van der Waals surface area contributed by atoms with Crippen LogP contribution >= 0.6 is 0 Å². The lowest BCUT2D eigenvalue weighted by molar-refractivity contribution is -0.120. The number of rotatable bonds is 1. The number of anilines is 2. The molecule has 2 fully saturated rings. The number of piperazine rings is 1. The second-order valence-corrected chi connectivity index (χ2v) is 8.91. The van der Waals surface area contributed by atoms with Gasteiger partial charge in [-0.1, -0.05) is 0 Å². The Labute approximate surface area is 151 Å². The Morgan fingerprint density at radius 3 is 2.96 bits per heavy atom. The quantitative estimate of drug-likeness (QED) is 0.689. The van der Waals surface area contributed by atoms with Crippen molar-refractivity contribution in [2.75, 3.05) is 48.5 Å². The van der Waals surface area contributed by atoms with E-state index in [2.05, 4.69) is 10.6 Å². The number of sulfone groups is 1. The smallest absolute Gasteiger partial charge is 0.322 e. The van der Waals surface area contributed by atoms with Crippen molar-refractivity contribution < 1.29 is 22.7 Å². The van der Waals surface area contributed by atoms with E-state index in [1.807, 2.05) is 0 Å². The zero-order chi connectivity index (χ0) is 18.5. The molecule has 10 heteroatoms. The number of hydrogen-bond donors (Lipinski definition) is 2. The number of hydrogen-bond acceptors (Lipinski definition) is 6. The standard InChI is InChI=1S/C16H20N4O5S/c1-19-12-6-10(2-3-14(12)25-7-15(19)21)18-16(22)20-5-4-17-11-8-26(23,24)9-13(11)20/h2-3,6,11,13,17H,4-5,7-9H2,1H3,(H,18,22)/t11-,13+/m0/s1. The van der Waals surface area contributed by atoms with Crippen LogP contribution in [0.1, 0.15) is 0 Å². The third kappa shape index (κ3) is 2.99. The van der Waals surface area contributed by atoms with Crippen LogP contribution in [-0.4, -0.2) is 75.6 Å². The molecule has 0 saturated carbocycles. The summed E-state index contributed by atoms with van der Waals surface area (Å²) >= 11 is 0. The zero-order valence-electron chi connectivity index (χ0n) is 14.3. The second kappa shape index (κ2) is 6.13. The molecule has 0 radical (unpaired) electrons. The molecule has 26 heavy (non-hydrogen) atoms. The molecule has 3 amide bonds. The number of urea groups is 1. The monoisotopic (exact) mass is 380 g/mol. The van der Waals surface area contributed by atoms with Gasteiger partial charge < -0.3 is 25.2 Å². The topological polar surface area (TPSA) is 108 Å². The van der Waals surface area contributed by atoms with E-state index in [1.165, 1.54) is 4.90 Å². The number of benzene rings is 1. The van der Waals surface area contributed by atoms with Crippen molar-refractivity contribution in [3.63, 3.8) is 0 Å². The van der Waals surface area contributed by atoms with Crippen molar-refractivity contribution in [2.45, 2.75) is 12.1 Å². The largest absolute Gasteiger partial charge is 0.482 e. The van der Waals surface area contributed by atoms with Crippen molar-refractivity contribution in [1.29, 1.82) is 0 Å². The highest BCUT2D eigenvalue weighted by atomic mass is 32.2. The molecule has 140 valence electrons. The van der Waals surface area contributed by atoms with Gasteiger partial charge in [0.15, 0.2) is 16.4 Å². The van der Waals surface area contributed by atoms with Crippen LogP contribution in [0.3, 0.4) is 0 Å². The molecule has 0 aromatic heterocycles. The van der Waals surface area contributed by atoms with Crippen LogP contribution < -0.4 is 20.3 Å². The molecule has 0 spiro atoms. The number of likely N-dealkylation sites (N-methyl/N-ethyl adjacent to an activating group) is 1. The number of carbonyl (C=O) groups is 2. The van der Waals surface area contributed by atoms with Gasteiger partial charge in [-0.25, -0.2) is 13.2 Å². The second-order valence-electron chi connectivity index (χ2n) is 6.75. The molecule has 1 aromatic rings. The summed E-state index contributed by atoms with van der Waals surface area (Å²) in [5.41, 5.74) is 1.11. The Balaban J connectivity index is 1.52. The van der Waals surface area contributed by atoms with E-state index in [-0.39, 0.29) is 42.1 Å². The average molecular weight is 380 g/mol. The Morgan fingerprint density at radius 2 is 2.15 bits per heavy atom. The van der Waals surface area contributed by atoms with E-state index >= 15 is 0 Å². The molecule has 2 saturated heterocycles. The molecule has 3 aliphatic heterocycles. The van der Waals surface area contributed by atoms with Crippen LogP contribution in [0.2, 0.25) is 0 Å². The summed E-state index contributed by atoms with van der Waals surface area (Å²) in [4.78, 5) is 27.5. The van der Waals surface area contributed by atoms with E-state index in [4.69, 9.17) is 4.74 Å². The molecule has 2 N–H and O–H groups in total. The van der Waals surface area contributed by atoms with Crippen molar-refractivity contribution in [3.8, 4) is 5.75 Å². The van der Waals surface area contributed by atoms with Crippen molar-refractivity contribution in [3.05, 3.63) is 18.2 Å². The molecular formula is C16H20N4O5S. The van der Waals surface area contributed by atoms with Gasteiger partial charge in [0, 0.05) is 31.9 Å². The van der Waals surface area contributed by atoms with E-state index in [0.29, 0.717) is 30.2 Å². The Kier molecular flexibility index (Phi) is 4.03. The normalized spacial score (nSPS) is 26.7. The van der Waals surface area contributed by atoms with Gasteiger partial charge in [-0.15, -0.1) is 0 Å². The molecule has 2 atom stereocenters. The van der Waals surface area contributed by atoms with Gasteiger partial charge in [0.05, 0.1) is 23.2 Å². The van der Waals surface area contributed by atoms with E-state index in [9.17, 15) is 18.0 Å². The van der Waals surface area contributed by atoms with Crippen LogP contribution in [0.15, 0.2) is 18.2 Å². The lowest BCUT2D eigenvalue weighted by atomic mass is 10.1. The van der Waals surface area contributed by atoms with Crippen molar-refractivity contribution >= 4 is 33.2 Å². The maximum atomic E-state index is 12.7. The van der Waals surface area contributed by atoms with E-state index in [0.717, 1.165) is 0 Å². The maximum absolute atomic E-state index is 12.7. The zero-order valence-corrected chi connectivity index (χ0v) is 15.1. The first-order chi connectivity index (χ1) is 12.3. The van der Waals surface area contributed by atoms with Crippen molar-refractivity contribution in [2.24, 2.45) is 0 Å². The summed E-state index contributed by atoms with van der Waals surface area (Å²) in [6.45, 7) is 0.988. The number of nitrogens with one attached hydrogen (secondary N) is 2. The predicted molar refractivity (Wildman–Crippen MR) is 95.3 cm³/mol. The SMILES string of the molecule is CN1C(=O)COc2ccc(NC(=O)N3CCN[C@H]4CS(=O)(=O)C[C@H]43)cc21. The highest BCUT2D eigenvalue weighted by Crippen LogP contribution is 2.34. The molecule has 4 rings (SSSR count). The summed E-state index contributed by atoms with van der Waals surface area (Å²) in [6, 6.07) is 4.15. The number of carbonyl (C=O) groups excluding carboxylic acids is 2. The van der Waals surface area contributed by atoms with Gasteiger partial charge in [0.25, 0.3) is 5.91 Å². The van der Waals surface area contributed by atoms with Crippen LogP contribution in [0.4, 0.5) is 16.2 Å². The maximum Gasteiger partial charge on any atom is 0.322 e. The molecule has 3 heterocycles. The van der Waals surface area contributed by atoms with Crippen LogP contribution in [-0.2, 0) is 14.6 Å². The highest BCUT2D eigenvalue weighted by Gasteiger charge is 2.44. The average Bonchev–Trinajstić information content (AvgIpc) is 2.92. The summed E-state index contributed by atoms with van der Waals surface area (Å²) in [7, 11) is -1.49. The fourth-order valence-electron chi connectivity index (χ4n) is 3.66. The molecule has 3 aliphatic rings. The molecule has 1 aromatic carbocycles. The molecule has 0 bridgehead atoms. The summed E-state index contributed by atoms with van der Waals surface area (Å²) in [6.07, 6.45) is 0. The third-order valence-corrected chi connectivity index (χ3v) is 6.76. The number of amides is 3. The highest BCUT2D eigenvalue weighted by molar-refractivity contribution is 7.91. The van der Waals surface area contributed by atoms with E-state index < -0.39 is 9.84 Å². The first-order valence-corrected chi connectivity index (χ1v) is 10.2. The van der Waals surface area contributed by atoms with E-state index in [1.54, 1.807) is 30.1 Å². The Hall–Kier alpha value is -2.33. The number of fused-ring (bicyclic) bond motifs is 2. The van der Waals surface area contributed by atoms with Gasteiger partial charge in [0.2, 0.25) is 0 Å². The lowest BCUT2D eigenvalue weighted by Crippen LogP contribution is -2.59. The minimum Gasteiger partial charge on any atom is -0.482 e. The Bertz CT molecular complexity index is 871. The fraction of sp³-hybridized carbons (Fsp3) is 0.500. The van der Waals surface area contributed by atoms with Crippen LogP contribution in [0.5, 0.6) is 5.75 Å². The minimum absolute atomic E-state index is 0.00642. The minimum atomic E-state index is -3.14. The number of ether oxygens (including phenoxy) is 1. The lowest BCUT2D eigenvalue weighted by Gasteiger charge is -2.37. The van der Waals surface area contributed by atoms with Crippen LogP contribution in [0.25, 0.3) is 0 Å². The first kappa shape index (κ1) is 17.1. The summed E-state index contributed by atoms with van der Waals surface area (Å²) in [5.74, 6) is 0.453. The summed E-state index contributed by atoms with van der Waals surface area (Å²) in [5, 5.41) is 5.98. The first-order valence-electron chi connectivity index (χ1n) is 8.39. The van der Waals surface area contributed by atoms with Gasteiger partial charge >= 0.3 is 6.03 Å². The van der Waals surface area contributed by atoms with Gasteiger partial charge in [-0.05, 0) is 18.2 Å². The van der Waals surface area contributed by atoms with Gasteiger partial charge in [-0.2, -0.15) is 0 Å². The fourth-order valence-corrected chi connectivity index (χ4v) is 5.62. The summed E-state index contributed by atoms with van der Waals surface area (Å²) < 4.78 is 29.2. The molecule has 9 nitrogen and oxygen atoms in total. The van der Waals surface area contributed by atoms with Gasteiger partial charge in [0.1, 0.15) is 5.75 Å². The molecule has 0 unspecified atom stereocenters. The Morgan fingerprint density at radius 1 is 1.35 bits per heavy atom. The predicted octanol–water partition coefficient (Wildman–Crippen LogP) is -0.355. The third-order valence-electron chi connectivity index (χ3n) is 5.04.